The molecule has 1 N–H and O–H groups in total. The van der Waals surface area contributed by atoms with Crippen molar-refractivity contribution in [2.75, 3.05) is 12.4 Å². The van der Waals surface area contributed by atoms with Gasteiger partial charge in [-0.1, -0.05) is 30.3 Å². The molecule has 7 heteroatoms. The lowest BCUT2D eigenvalue weighted by Gasteiger charge is -2.15. The predicted molar refractivity (Wildman–Crippen MR) is 94.8 cm³/mol. The first kappa shape index (κ1) is 18.3. The van der Waals surface area contributed by atoms with E-state index in [1.54, 1.807) is 6.07 Å². The number of carbonyl (C=O) groups excluding carboxylic acids is 2. The normalized spacial score (nSPS) is 14.5. The number of halogens is 2. The van der Waals surface area contributed by atoms with E-state index in [0.29, 0.717) is 5.56 Å². The Morgan fingerprint density at radius 2 is 1.65 bits per heavy atom. The molecule has 1 heterocycles. The van der Waals surface area contributed by atoms with Crippen LogP contribution in [0, 0.1) is 11.6 Å². The maximum absolute atomic E-state index is 13.9. The third kappa shape index (κ3) is 3.54. The molecule has 3 rings (SSSR count). The van der Waals surface area contributed by atoms with Crippen molar-refractivity contribution >= 4 is 29.1 Å². The number of rotatable bonds is 6. The number of thioether (sulfide) groups is 1. The van der Waals surface area contributed by atoms with Crippen LogP contribution in [0.15, 0.2) is 53.4 Å². The maximum atomic E-state index is 13.9. The summed E-state index contributed by atoms with van der Waals surface area (Å²) in [4.78, 5) is 26.7. The Morgan fingerprint density at radius 3 is 2.31 bits per heavy atom. The number of benzene rings is 2. The summed E-state index contributed by atoms with van der Waals surface area (Å²) in [5.74, 6) is -1.85. The van der Waals surface area contributed by atoms with Crippen LogP contribution in [-0.2, 0) is 16.1 Å². The molecule has 2 aromatic rings. The number of hydrogen-bond acceptors (Lipinski definition) is 4. The minimum atomic E-state index is -0.565. The molecule has 0 saturated carbocycles. The van der Waals surface area contributed by atoms with Crippen LogP contribution < -0.4 is 0 Å². The Kier molecular flexibility index (Phi) is 5.49. The molecule has 0 aromatic heterocycles. The van der Waals surface area contributed by atoms with Crippen LogP contribution in [0.2, 0.25) is 0 Å². The van der Waals surface area contributed by atoms with E-state index < -0.39 is 23.4 Å². The summed E-state index contributed by atoms with van der Waals surface area (Å²) in [6.07, 6.45) is 0. The summed E-state index contributed by atoms with van der Waals surface area (Å²) >= 11 is 1.05. The van der Waals surface area contributed by atoms with Crippen LogP contribution >= 0.6 is 11.8 Å². The van der Waals surface area contributed by atoms with Gasteiger partial charge in [-0.25, -0.2) is 8.78 Å². The van der Waals surface area contributed by atoms with Crippen LogP contribution in [0.5, 0.6) is 0 Å². The van der Waals surface area contributed by atoms with Crippen LogP contribution in [0.4, 0.5) is 8.78 Å². The van der Waals surface area contributed by atoms with Gasteiger partial charge < -0.3 is 5.11 Å². The van der Waals surface area contributed by atoms with Crippen molar-refractivity contribution in [2.45, 2.75) is 6.54 Å². The molecule has 4 nitrogen and oxygen atoms in total. The van der Waals surface area contributed by atoms with Gasteiger partial charge in [-0.3, -0.25) is 14.5 Å². The first-order valence-corrected chi connectivity index (χ1v) is 8.85. The van der Waals surface area contributed by atoms with Gasteiger partial charge in [0.25, 0.3) is 11.8 Å². The number of imide groups is 1. The summed E-state index contributed by atoms with van der Waals surface area (Å²) in [6, 6.07) is 11.2. The number of nitrogens with zero attached hydrogens (tertiary/aromatic N) is 1. The van der Waals surface area contributed by atoms with Crippen molar-refractivity contribution in [3.63, 3.8) is 0 Å². The molecule has 0 aliphatic carbocycles. The largest absolute Gasteiger partial charge is 0.396 e. The molecule has 0 unspecified atom stereocenters. The summed E-state index contributed by atoms with van der Waals surface area (Å²) in [7, 11) is 0. The number of hydrogen-bond donors (Lipinski definition) is 1. The lowest BCUT2D eigenvalue weighted by Crippen LogP contribution is -2.31. The van der Waals surface area contributed by atoms with Crippen LogP contribution in [0.25, 0.3) is 5.57 Å². The quantitative estimate of drug-likeness (QED) is 0.789. The smallest absolute Gasteiger partial charge is 0.268 e. The highest BCUT2D eigenvalue weighted by Crippen LogP contribution is 2.36. The summed E-state index contributed by atoms with van der Waals surface area (Å²) < 4.78 is 27.1. The molecule has 134 valence electrons. The first-order valence-electron chi connectivity index (χ1n) is 7.86. The second-order valence-corrected chi connectivity index (χ2v) is 6.68. The van der Waals surface area contributed by atoms with Gasteiger partial charge in [-0.15, -0.1) is 11.8 Å². The van der Waals surface area contributed by atoms with Crippen LogP contribution in [0.3, 0.4) is 0 Å². The first-order chi connectivity index (χ1) is 12.5. The Morgan fingerprint density at radius 1 is 0.962 bits per heavy atom. The summed E-state index contributed by atoms with van der Waals surface area (Å²) in [5.41, 5.74) is 0.770. The molecule has 26 heavy (non-hydrogen) atoms. The fraction of sp³-hybridized carbons (Fsp3) is 0.158. The highest BCUT2D eigenvalue weighted by atomic mass is 32.2. The number of aliphatic hydroxyl groups is 1. The molecule has 2 amide bonds. The number of aliphatic hydroxyl groups excluding tert-OH is 1. The fourth-order valence-electron chi connectivity index (χ4n) is 2.65. The topological polar surface area (TPSA) is 57.6 Å². The van der Waals surface area contributed by atoms with Crippen molar-refractivity contribution in [2.24, 2.45) is 0 Å². The molecule has 2 aromatic carbocycles. The van der Waals surface area contributed by atoms with E-state index in [9.17, 15) is 18.4 Å². The van der Waals surface area contributed by atoms with Gasteiger partial charge in [0.1, 0.15) is 11.6 Å². The molecule has 0 radical (unpaired) electrons. The van der Waals surface area contributed by atoms with Crippen LogP contribution in [-0.4, -0.2) is 34.2 Å². The van der Waals surface area contributed by atoms with E-state index in [1.807, 2.05) is 0 Å². The third-order valence-electron chi connectivity index (χ3n) is 3.88. The van der Waals surface area contributed by atoms with E-state index in [2.05, 4.69) is 0 Å². The molecule has 0 bridgehead atoms. The van der Waals surface area contributed by atoms with Crippen molar-refractivity contribution < 1.29 is 23.5 Å². The molecule has 1 aliphatic rings. The molecule has 0 atom stereocenters. The Bertz CT molecular complexity index is 881. The van der Waals surface area contributed by atoms with Gasteiger partial charge in [0.2, 0.25) is 0 Å². The van der Waals surface area contributed by atoms with E-state index in [0.717, 1.165) is 16.7 Å². The Balaban J connectivity index is 1.97. The van der Waals surface area contributed by atoms with Gasteiger partial charge in [-0.05, 0) is 23.8 Å². The minimum absolute atomic E-state index is 0.143. The highest BCUT2D eigenvalue weighted by Gasteiger charge is 2.39. The summed E-state index contributed by atoms with van der Waals surface area (Å²) in [6.45, 7) is -0.363. The van der Waals surface area contributed by atoms with Gasteiger partial charge in [-0.2, -0.15) is 0 Å². The van der Waals surface area contributed by atoms with Crippen molar-refractivity contribution in [1.29, 1.82) is 0 Å². The minimum Gasteiger partial charge on any atom is -0.396 e. The molecule has 0 fully saturated rings. The van der Waals surface area contributed by atoms with E-state index in [1.165, 1.54) is 42.5 Å². The van der Waals surface area contributed by atoms with E-state index >= 15 is 0 Å². The van der Waals surface area contributed by atoms with Gasteiger partial charge in [0.15, 0.2) is 0 Å². The lowest BCUT2D eigenvalue weighted by atomic mass is 10.1. The van der Waals surface area contributed by atoms with E-state index in [-0.39, 0.29) is 34.9 Å². The SMILES string of the molecule is O=C1C(SCCO)=C(c2ccc(F)cc2)C(=O)N1Cc1ccccc1F. The highest BCUT2D eigenvalue weighted by molar-refractivity contribution is 8.04. The molecular formula is C19H15F2NO3S. The van der Waals surface area contributed by atoms with Crippen LogP contribution in [0.1, 0.15) is 11.1 Å². The zero-order valence-corrected chi connectivity index (χ0v) is 14.4. The zero-order chi connectivity index (χ0) is 18.7. The van der Waals surface area contributed by atoms with Gasteiger partial charge >= 0.3 is 0 Å². The van der Waals surface area contributed by atoms with Gasteiger partial charge in [0.05, 0.1) is 23.6 Å². The lowest BCUT2D eigenvalue weighted by molar-refractivity contribution is -0.137. The number of carbonyl (C=O) groups is 2. The van der Waals surface area contributed by atoms with Crippen molar-refractivity contribution in [1.82, 2.24) is 4.90 Å². The monoisotopic (exact) mass is 375 g/mol. The molecule has 0 spiro atoms. The Labute approximate surface area is 153 Å². The standard InChI is InChI=1S/C19H15F2NO3S/c20-14-7-5-12(6-8-14)16-17(26-10-9-23)19(25)22(18(16)24)11-13-3-1-2-4-15(13)21/h1-8,23H,9-11H2. The second-order valence-electron chi connectivity index (χ2n) is 5.57. The maximum Gasteiger partial charge on any atom is 0.268 e. The third-order valence-corrected chi connectivity index (χ3v) is 4.94. The summed E-state index contributed by atoms with van der Waals surface area (Å²) in [5, 5.41) is 9.06. The zero-order valence-electron chi connectivity index (χ0n) is 13.6. The molecular weight excluding hydrogens is 360 g/mol. The van der Waals surface area contributed by atoms with Gasteiger partial charge in [0, 0.05) is 11.3 Å². The number of amides is 2. The Hall–Kier alpha value is -2.51. The van der Waals surface area contributed by atoms with Crippen molar-refractivity contribution in [3.05, 3.63) is 76.2 Å². The second kappa shape index (κ2) is 7.80. The van der Waals surface area contributed by atoms with E-state index in [4.69, 9.17) is 5.11 Å². The van der Waals surface area contributed by atoms with Crippen molar-refractivity contribution in [3.8, 4) is 0 Å². The molecule has 1 aliphatic heterocycles. The molecule has 0 saturated heterocycles. The fourth-order valence-corrected chi connectivity index (χ4v) is 3.53. The predicted octanol–water partition coefficient (Wildman–Crippen LogP) is 2.97. The average molecular weight is 375 g/mol. The average Bonchev–Trinajstić information content (AvgIpc) is 2.86.